The van der Waals surface area contributed by atoms with Crippen LogP contribution in [0.4, 0.5) is 5.13 Å². The first-order valence-corrected chi connectivity index (χ1v) is 10.3. The molecule has 0 fully saturated rings. The molecule has 2 aromatic carbocycles. The van der Waals surface area contributed by atoms with Gasteiger partial charge in [0.05, 0.1) is 16.0 Å². The Morgan fingerprint density at radius 2 is 1.85 bits per heavy atom. The average Bonchev–Trinajstić information content (AvgIpc) is 3.06. The third-order valence-electron chi connectivity index (χ3n) is 4.02. The van der Waals surface area contributed by atoms with Gasteiger partial charge in [-0.2, -0.15) is 0 Å². The summed E-state index contributed by atoms with van der Waals surface area (Å²) < 4.78 is 1.12. The lowest BCUT2D eigenvalue weighted by molar-refractivity contribution is -0.116. The highest BCUT2D eigenvalue weighted by atomic mass is 32.2. The third-order valence-corrected chi connectivity index (χ3v) is 6.06. The van der Waals surface area contributed by atoms with Crippen LogP contribution in [0.5, 0.6) is 0 Å². The normalized spacial score (nSPS) is 11.2. The fourth-order valence-corrected chi connectivity index (χ4v) is 4.44. The number of hydrogen-bond donors (Lipinski definition) is 0. The summed E-state index contributed by atoms with van der Waals surface area (Å²) in [6, 6.07) is 16.2. The van der Waals surface area contributed by atoms with Crippen molar-refractivity contribution < 1.29 is 4.79 Å². The molecule has 1 heterocycles. The Morgan fingerprint density at radius 1 is 1.08 bits per heavy atom. The van der Waals surface area contributed by atoms with Gasteiger partial charge < -0.3 is 4.90 Å². The van der Waals surface area contributed by atoms with Gasteiger partial charge in [0.2, 0.25) is 5.91 Å². The second-order valence-electron chi connectivity index (χ2n) is 6.37. The Hall–Kier alpha value is -1.89. The first kappa shape index (κ1) is 18.9. The number of hydrogen-bond acceptors (Lipinski definition) is 5. The van der Waals surface area contributed by atoms with Gasteiger partial charge in [-0.05, 0) is 44.8 Å². The predicted molar refractivity (Wildman–Crippen MR) is 112 cm³/mol. The van der Waals surface area contributed by atoms with Crippen LogP contribution in [-0.2, 0) is 4.79 Å². The topological polar surface area (TPSA) is 36.4 Å². The van der Waals surface area contributed by atoms with Gasteiger partial charge in [-0.1, -0.05) is 41.7 Å². The zero-order valence-electron chi connectivity index (χ0n) is 15.3. The summed E-state index contributed by atoms with van der Waals surface area (Å²) in [4.78, 5) is 22.7. The molecule has 1 amide bonds. The number of thioether (sulfide) groups is 1. The van der Waals surface area contributed by atoms with Crippen molar-refractivity contribution >= 4 is 44.4 Å². The second-order valence-corrected chi connectivity index (χ2v) is 8.43. The van der Waals surface area contributed by atoms with Crippen molar-refractivity contribution in [2.75, 3.05) is 37.8 Å². The summed E-state index contributed by atoms with van der Waals surface area (Å²) in [5.74, 6) is 0.504. The van der Waals surface area contributed by atoms with E-state index >= 15 is 0 Å². The molecular weight excluding hydrogens is 362 g/mol. The fourth-order valence-electron chi connectivity index (χ4n) is 2.56. The van der Waals surface area contributed by atoms with Gasteiger partial charge in [-0.3, -0.25) is 9.69 Å². The SMILES string of the molecule is Cc1cccc2sc(N(CCN(C)C)C(=O)CSc3ccccc3)nc12. The van der Waals surface area contributed by atoms with Crippen molar-refractivity contribution in [3.05, 3.63) is 54.1 Å². The summed E-state index contributed by atoms with van der Waals surface area (Å²) in [6.07, 6.45) is 0. The van der Waals surface area contributed by atoms with Gasteiger partial charge in [0.25, 0.3) is 0 Å². The summed E-state index contributed by atoms with van der Waals surface area (Å²) >= 11 is 3.16. The van der Waals surface area contributed by atoms with E-state index in [1.165, 1.54) is 0 Å². The molecule has 136 valence electrons. The number of para-hydroxylation sites is 1. The molecule has 0 aliphatic carbocycles. The van der Waals surface area contributed by atoms with E-state index < -0.39 is 0 Å². The second kappa shape index (κ2) is 8.66. The fraction of sp³-hybridized carbons (Fsp3) is 0.300. The Kier molecular flexibility index (Phi) is 6.29. The minimum atomic E-state index is 0.0948. The maximum atomic E-state index is 12.9. The molecule has 6 heteroatoms. The number of anilines is 1. The van der Waals surface area contributed by atoms with Gasteiger partial charge in [-0.15, -0.1) is 11.8 Å². The van der Waals surface area contributed by atoms with Crippen molar-refractivity contribution in [1.29, 1.82) is 0 Å². The average molecular weight is 386 g/mol. The molecule has 0 aliphatic heterocycles. The monoisotopic (exact) mass is 385 g/mol. The number of benzene rings is 2. The van der Waals surface area contributed by atoms with Crippen LogP contribution in [0.1, 0.15) is 5.56 Å². The van der Waals surface area contributed by atoms with E-state index in [0.29, 0.717) is 12.3 Å². The van der Waals surface area contributed by atoms with Crippen molar-refractivity contribution in [3.8, 4) is 0 Å². The summed E-state index contributed by atoms with van der Waals surface area (Å²) in [7, 11) is 4.04. The van der Waals surface area contributed by atoms with Crippen LogP contribution in [0.3, 0.4) is 0 Å². The van der Waals surface area contributed by atoms with E-state index in [-0.39, 0.29) is 5.91 Å². The maximum absolute atomic E-state index is 12.9. The third kappa shape index (κ3) is 4.63. The van der Waals surface area contributed by atoms with E-state index in [1.807, 2.05) is 55.4 Å². The van der Waals surface area contributed by atoms with Crippen molar-refractivity contribution in [2.45, 2.75) is 11.8 Å². The molecule has 0 atom stereocenters. The van der Waals surface area contributed by atoms with Crippen LogP contribution < -0.4 is 4.90 Å². The smallest absolute Gasteiger partial charge is 0.239 e. The molecule has 0 N–H and O–H groups in total. The minimum Gasteiger partial charge on any atom is -0.308 e. The zero-order valence-corrected chi connectivity index (χ0v) is 16.9. The molecule has 0 bridgehead atoms. The molecule has 1 aromatic heterocycles. The van der Waals surface area contributed by atoms with Crippen molar-refractivity contribution in [2.24, 2.45) is 0 Å². The van der Waals surface area contributed by atoms with E-state index in [1.54, 1.807) is 23.1 Å². The van der Waals surface area contributed by atoms with Gasteiger partial charge in [0.15, 0.2) is 5.13 Å². The van der Waals surface area contributed by atoms with Gasteiger partial charge in [0, 0.05) is 18.0 Å². The number of carbonyl (C=O) groups is 1. The molecule has 4 nitrogen and oxygen atoms in total. The molecule has 0 saturated carbocycles. The Morgan fingerprint density at radius 3 is 2.54 bits per heavy atom. The van der Waals surface area contributed by atoms with Crippen LogP contribution in [0.2, 0.25) is 0 Å². The van der Waals surface area contributed by atoms with E-state index in [0.717, 1.165) is 32.4 Å². The largest absolute Gasteiger partial charge is 0.308 e. The summed E-state index contributed by atoms with van der Waals surface area (Å²) in [5.41, 5.74) is 2.13. The highest BCUT2D eigenvalue weighted by Gasteiger charge is 2.20. The van der Waals surface area contributed by atoms with Gasteiger partial charge in [0.1, 0.15) is 0 Å². The van der Waals surface area contributed by atoms with E-state index in [2.05, 4.69) is 24.0 Å². The van der Waals surface area contributed by atoms with E-state index in [4.69, 9.17) is 4.98 Å². The number of aromatic nitrogens is 1. The molecule has 0 spiro atoms. The molecular formula is C20H23N3OS2. The zero-order chi connectivity index (χ0) is 18.5. The van der Waals surface area contributed by atoms with E-state index in [9.17, 15) is 4.79 Å². The minimum absolute atomic E-state index is 0.0948. The quantitative estimate of drug-likeness (QED) is 0.569. The number of aryl methyl sites for hydroxylation is 1. The van der Waals surface area contributed by atoms with Crippen LogP contribution in [0.25, 0.3) is 10.2 Å². The lowest BCUT2D eigenvalue weighted by atomic mass is 10.2. The highest BCUT2D eigenvalue weighted by Crippen LogP contribution is 2.31. The molecule has 0 radical (unpaired) electrons. The number of rotatable bonds is 7. The maximum Gasteiger partial charge on any atom is 0.239 e. The number of nitrogens with zero attached hydrogens (tertiary/aromatic N) is 3. The lowest BCUT2D eigenvalue weighted by Gasteiger charge is -2.21. The van der Waals surface area contributed by atoms with Gasteiger partial charge >= 0.3 is 0 Å². The van der Waals surface area contributed by atoms with Crippen LogP contribution in [0.15, 0.2) is 53.4 Å². The first-order chi connectivity index (χ1) is 12.5. The summed E-state index contributed by atoms with van der Waals surface area (Å²) in [5, 5.41) is 0.787. The molecule has 3 aromatic rings. The molecule has 0 unspecified atom stereocenters. The molecule has 0 aliphatic rings. The predicted octanol–water partition coefficient (Wildman–Crippen LogP) is 4.29. The Bertz CT molecular complexity index is 877. The number of amides is 1. The van der Waals surface area contributed by atoms with Crippen molar-refractivity contribution in [1.82, 2.24) is 9.88 Å². The molecule has 0 saturated heterocycles. The number of thiazole rings is 1. The highest BCUT2D eigenvalue weighted by molar-refractivity contribution is 8.00. The Labute approximate surface area is 162 Å². The molecule has 3 rings (SSSR count). The standard InChI is InChI=1S/C20H23N3OS2/c1-15-8-7-11-17-19(15)21-20(26-17)23(13-12-22(2)3)18(24)14-25-16-9-5-4-6-10-16/h4-11H,12-14H2,1-3H3. The molecule has 26 heavy (non-hydrogen) atoms. The van der Waals surface area contributed by atoms with Crippen LogP contribution >= 0.6 is 23.1 Å². The number of carbonyl (C=O) groups excluding carboxylic acids is 1. The number of fused-ring (bicyclic) bond motifs is 1. The Balaban J connectivity index is 1.81. The lowest BCUT2D eigenvalue weighted by Crippen LogP contribution is -2.37. The van der Waals surface area contributed by atoms with Crippen LogP contribution in [-0.4, -0.2) is 48.7 Å². The van der Waals surface area contributed by atoms with Gasteiger partial charge in [-0.25, -0.2) is 4.98 Å². The number of likely N-dealkylation sites (N-methyl/N-ethyl adjacent to an activating group) is 1. The first-order valence-electron chi connectivity index (χ1n) is 8.53. The van der Waals surface area contributed by atoms with Crippen molar-refractivity contribution in [3.63, 3.8) is 0 Å². The van der Waals surface area contributed by atoms with Crippen LogP contribution in [0, 0.1) is 6.92 Å². The summed E-state index contributed by atoms with van der Waals surface area (Å²) in [6.45, 7) is 3.50.